The van der Waals surface area contributed by atoms with Crippen LogP contribution in [0.3, 0.4) is 0 Å². The Kier molecular flexibility index (Phi) is 5.03. The number of amides is 1. The number of halogens is 1. The van der Waals surface area contributed by atoms with Gasteiger partial charge in [0.25, 0.3) is 0 Å². The molecule has 3 nitrogen and oxygen atoms in total. The maximum absolute atomic E-state index is 11.3. The van der Waals surface area contributed by atoms with E-state index in [9.17, 15) is 4.79 Å². The highest BCUT2D eigenvalue weighted by Gasteiger charge is 2.05. The number of benzene rings is 1. The first-order valence-electron chi connectivity index (χ1n) is 4.51. The monoisotopic (exact) mass is 254 g/mol. The molecule has 0 saturated carbocycles. The summed E-state index contributed by atoms with van der Waals surface area (Å²) < 4.78 is 0. The van der Waals surface area contributed by atoms with Gasteiger partial charge < -0.3 is 11.1 Å². The largest absolute Gasteiger partial charge is 0.398 e. The van der Waals surface area contributed by atoms with Gasteiger partial charge in [-0.05, 0) is 18.2 Å². The summed E-state index contributed by atoms with van der Waals surface area (Å²) in [6.45, 7) is 0.240. The Labute approximate surface area is 104 Å². The zero-order chi connectivity index (χ0) is 12.0. The van der Waals surface area contributed by atoms with Crippen LogP contribution in [-0.2, 0) is 4.79 Å². The molecule has 0 aliphatic carbocycles. The molecule has 1 amide bonds. The van der Waals surface area contributed by atoms with Gasteiger partial charge in [0.15, 0.2) is 0 Å². The summed E-state index contributed by atoms with van der Waals surface area (Å²) in [6.07, 6.45) is 5.02. The normalized spacial score (nSPS) is 9.50. The third kappa shape index (κ3) is 4.05. The van der Waals surface area contributed by atoms with Crippen LogP contribution in [0.15, 0.2) is 23.1 Å². The van der Waals surface area contributed by atoms with Crippen molar-refractivity contribution < 1.29 is 4.79 Å². The lowest BCUT2D eigenvalue weighted by Gasteiger charge is -2.05. The molecule has 0 aliphatic heterocycles. The molecule has 5 heteroatoms. The van der Waals surface area contributed by atoms with Gasteiger partial charge in [-0.2, -0.15) is 0 Å². The van der Waals surface area contributed by atoms with Crippen molar-refractivity contribution in [3.8, 4) is 12.3 Å². The van der Waals surface area contributed by atoms with Crippen molar-refractivity contribution in [3.63, 3.8) is 0 Å². The van der Waals surface area contributed by atoms with Crippen molar-refractivity contribution >= 4 is 35.0 Å². The van der Waals surface area contributed by atoms with Crippen LogP contribution < -0.4 is 11.1 Å². The first kappa shape index (κ1) is 12.8. The van der Waals surface area contributed by atoms with Crippen LogP contribution in [-0.4, -0.2) is 18.2 Å². The number of terminal acetylenes is 1. The summed E-state index contributed by atoms with van der Waals surface area (Å²) in [4.78, 5) is 12.1. The topological polar surface area (TPSA) is 55.1 Å². The van der Waals surface area contributed by atoms with Crippen molar-refractivity contribution in [2.75, 3.05) is 18.0 Å². The van der Waals surface area contributed by atoms with E-state index in [-0.39, 0.29) is 18.2 Å². The molecule has 84 valence electrons. The number of nitrogens with one attached hydrogen (secondary N) is 1. The Bertz CT molecular complexity index is 428. The molecule has 0 saturated heterocycles. The summed E-state index contributed by atoms with van der Waals surface area (Å²) in [6, 6.07) is 5.15. The maximum atomic E-state index is 11.3. The van der Waals surface area contributed by atoms with Gasteiger partial charge in [0.05, 0.1) is 12.3 Å². The van der Waals surface area contributed by atoms with E-state index in [1.165, 1.54) is 11.8 Å². The average Bonchev–Trinajstić information content (AvgIpc) is 2.27. The Morgan fingerprint density at radius 3 is 3.06 bits per heavy atom. The van der Waals surface area contributed by atoms with E-state index in [2.05, 4.69) is 11.2 Å². The average molecular weight is 255 g/mol. The second kappa shape index (κ2) is 6.31. The minimum absolute atomic E-state index is 0.123. The van der Waals surface area contributed by atoms with Gasteiger partial charge in [-0.15, -0.1) is 18.2 Å². The highest BCUT2D eigenvalue weighted by atomic mass is 35.5. The number of hydrogen-bond acceptors (Lipinski definition) is 3. The number of nitrogens with two attached hydrogens (primary N) is 1. The van der Waals surface area contributed by atoms with Gasteiger partial charge in [0.2, 0.25) is 5.91 Å². The summed E-state index contributed by atoms with van der Waals surface area (Å²) in [5, 5.41) is 3.16. The Balaban J connectivity index is 2.51. The lowest BCUT2D eigenvalue weighted by Crippen LogP contribution is -2.25. The second-order valence-corrected chi connectivity index (χ2v) is 4.41. The van der Waals surface area contributed by atoms with E-state index in [0.29, 0.717) is 10.7 Å². The van der Waals surface area contributed by atoms with Crippen LogP contribution in [0.4, 0.5) is 5.69 Å². The lowest BCUT2D eigenvalue weighted by molar-refractivity contribution is -0.118. The van der Waals surface area contributed by atoms with Gasteiger partial charge in [0.1, 0.15) is 0 Å². The van der Waals surface area contributed by atoms with Crippen LogP contribution in [0.5, 0.6) is 0 Å². The van der Waals surface area contributed by atoms with E-state index in [0.717, 1.165) is 4.90 Å². The molecule has 0 aromatic heterocycles. The Hall–Kier alpha value is -1.31. The van der Waals surface area contributed by atoms with Crippen molar-refractivity contribution in [1.29, 1.82) is 0 Å². The number of rotatable bonds is 4. The highest BCUT2D eigenvalue weighted by Crippen LogP contribution is 2.27. The van der Waals surface area contributed by atoms with E-state index in [1.54, 1.807) is 18.2 Å². The molecule has 0 heterocycles. The fourth-order valence-electron chi connectivity index (χ4n) is 0.977. The molecule has 0 radical (unpaired) electrons. The fourth-order valence-corrected chi connectivity index (χ4v) is 2.05. The molecule has 0 atom stereocenters. The highest BCUT2D eigenvalue weighted by molar-refractivity contribution is 8.00. The number of carbonyl (C=O) groups is 1. The minimum atomic E-state index is -0.123. The third-order valence-corrected chi connectivity index (χ3v) is 3.03. The molecule has 1 aromatic rings. The molecule has 0 bridgehead atoms. The fraction of sp³-hybridized carbons (Fsp3) is 0.182. The van der Waals surface area contributed by atoms with Crippen molar-refractivity contribution in [2.24, 2.45) is 0 Å². The molecule has 1 rings (SSSR count). The van der Waals surface area contributed by atoms with Crippen molar-refractivity contribution in [1.82, 2.24) is 5.32 Å². The number of nitrogen functional groups attached to an aromatic ring is 1. The number of carbonyl (C=O) groups excluding carboxylic acids is 1. The van der Waals surface area contributed by atoms with E-state index in [1.807, 2.05) is 0 Å². The number of anilines is 1. The summed E-state index contributed by atoms with van der Waals surface area (Å²) in [5.41, 5.74) is 6.34. The van der Waals surface area contributed by atoms with Gasteiger partial charge in [-0.1, -0.05) is 17.5 Å². The number of thioether (sulfide) groups is 1. The van der Waals surface area contributed by atoms with Crippen LogP contribution >= 0.6 is 23.4 Å². The molecule has 1 aromatic carbocycles. The zero-order valence-corrected chi connectivity index (χ0v) is 10.1. The lowest BCUT2D eigenvalue weighted by atomic mass is 10.3. The molecular weight excluding hydrogens is 244 g/mol. The minimum Gasteiger partial charge on any atom is -0.398 e. The predicted octanol–water partition coefficient (Wildman–Crippen LogP) is 1.76. The first-order chi connectivity index (χ1) is 7.63. The van der Waals surface area contributed by atoms with Gasteiger partial charge in [-0.25, -0.2) is 0 Å². The SMILES string of the molecule is C#CCNC(=O)CSc1cc(Cl)ccc1N. The van der Waals surface area contributed by atoms with E-state index >= 15 is 0 Å². The standard InChI is InChI=1S/C11H11ClN2OS/c1-2-5-14-11(15)7-16-10-6-8(12)3-4-9(10)13/h1,3-4,6H,5,7,13H2,(H,14,15). The Morgan fingerprint density at radius 1 is 1.62 bits per heavy atom. The molecule has 0 unspecified atom stereocenters. The van der Waals surface area contributed by atoms with E-state index < -0.39 is 0 Å². The number of hydrogen-bond donors (Lipinski definition) is 2. The first-order valence-corrected chi connectivity index (χ1v) is 5.88. The van der Waals surface area contributed by atoms with Crippen LogP contribution in [0, 0.1) is 12.3 Å². The third-order valence-electron chi connectivity index (χ3n) is 1.72. The summed E-state index contributed by atoms with van der Waals surface area (Å²) in [7, 11) is 0. The second-order valence-electron chi connectivity index (χ2n) is 2.95. The molecule has 0 aliphatic rings. The summed E-state index contributed by atoms with van der Waals surface area (Å²) >= 11 is 7.15. The van der Waals surface area contributed by atoms with Crippen molar-refractivity contribution in [2.45, 2.75) is 4.90 Å². The zero-order valence-electron chi connectivity index (χ0n) is 8.50. The van der Waals surface area contributed by atoms with Crippen LogP contribution in [0.25, 0.3) is 0 Å². The van der Waals surface area contributed by atoms with Gasteiger partial charge in [-0.3, -0.25) is 4.79 Å². The molecule has 0 fully saturated rings. The molecule has 16 heavy (non-hydrogen) atoms. The predicted molar refractivity (Wildman–Crippen MR) is 68.4 cm³/mol. The maximum Gasteiger partial charge on any atom is 0.231 e. The van der Waals surface area contributed by atoms with Gasteiger partial charge in [0, 0.05) is 15.6 Å². The van der Waals surface area contributed by atoms with Crippen LogP contribution in [0.1, 0.15) is 0 Å². The Morgan fingerprint density at radius 2 is 2.38 bits per heavy atom. The van der Waals surface area contributed by atoms with Crippen molar-refractivity contribution in [3.05, 3.63) is 23.2 Å². The van der Waals surface area contributed by atoms with Gasteiger partial charge >= 0.3 is 0 Å². The molecule has 3 N–H and O–H groups in total. The van der Waals surface area contributed by atoms with Crippen LogP contribution in [0.2, 0.25) is 5.02 Å². The van der Waals surface area contributed by atoms with E-state index in [4.69, 9.17) is 23.8 Å². The quantitative estimate of drug-likeness (QED) is 0.489. The molecule has 0 spiro atoms. The molecular formula is C11H11ClN2OS. The summed E-state index contributed by atoms with van der Waals surface area (Å²) in [5.74, 6) is 2.48. The smallest absolute Gasteiger partial charge is 0.231 e.